The number of aromatic nitrogens is 3. The van der Waals surface area contributed by atoms with Crippen LogP contribution in [0.1, 0.15) is 68.7 Å². The normalized spacial score (nSPS) is 17.3. The van der Waals surface area contributed by atoms with Crippen LogP contribution >= 0.6 is 0 Å². The molecule has 2 heterocycles. The van der Waals surface area contributed by atoms with Crippen LogP contribution in [-0.2, 0) is 14.8 Å². The Morgan fingerprint density at radius 3 is 1.86 bits per heavy atom. The fourth-order valence-corrected chi connectivity index (χ4v) is 8.24. The summed E-state index contributed by atoms with van der Waals surface area (Å²) in [7, 11) is -1.87. The van der Waals surface area contributed by atoms with Crippen molar-refractivity contribution in [3.63, 3.8) is 0 Å². The average molecular weight is 672 g/mol. The standard InChI is InChI=1S/C42H46FN3O2Si/c1-41(2,3)49(4,5)48-35-23-21-31(22-24-35)39(47)26-25-37-36(27-28-44-40(37)43)38-29-46(30-45-38)42(32-15-9-6-10-16-32,33-17-11-7-12-18-33)34-19-13-8-14-20-34/h6-20,25-31,35H,21-24H2,1-5H3/b26-25+. The van der Waals surface area contributed by atoms with Crippen molar-refractivity contribution < 1.29 is 13.6 Å². The van der Waals surface area contributed by atoms with Gasteiger partial charge in [0.25, 0.3) is 0 Å². The van der Waals surface area contributed by atoms with Crippen LogP contribution in [0.3, 0.4) is 0 Å². The zero-order valence-electron chi connectivity index (χ0n) is 29.1. The molecule has 1 fully saturated rings. The van der Waals surface area contributed by atoms with Crippen molar-refractivity contribution >= 4 is 20.2 Å². The summed E-state index contributed by atoms with van der Waals surface area (Å²) in [5, 5.41) is 0.149. The van der Waals surface area contributed by atoms with E-state index in [0.717, 1.165) is 42.4 Å². The van der Waals surface area contributed by atoms with E-state index < -0.39 is 19.8 Å². The Bertz CT molecular complexity index is 1790. The van der Waals surface area contributed by atoms with Crippen LogP contribution in [0.2, 0.25) is 18.1 Å². The Kier molecular flexibility index (Phi) is 9.95. The van der Waals surface area contributed by atoms with E-state index in [4.69, 9.17) is 9.41 Å². The minimum Gasteiger partial charge on any atom is -0.414 e. The Morgan fingerprint density at radius 2 is 1.35 bits per heavy atom. The first kappa shape index (κ1) is 34.4. The number of halogens is 1. The third kappa shape index (κ3) is 7.01. The molecule has 49 heavy (non-hydrogen) atoms. The van der Waals surface area contributed by atoms with Crippen molar-refractivity contribution in [3.05, 3.63) is 150 Å². The summed E-state index contributed by atoms with van der Waals surface area (Å²) in [6.07, 6.45) is 11.8. The van der Waals surface area contributed by atoms with Gasteiger partial charge in [-0.2, -0.15) is 4.39 Å². The molecule has 0 radical (unpaired) electrons. The first-order valence-corrected chi connectivity index (χ1v) is 20.2. The number of nitrogens with zero attached hydrogens (tertiary/aromatic N) is 3. The number of rotatable bonds is 10. The molecule has 2 aromatic heterocycles. The predicted molar refractivity (Wildman–Crippen MR) is 198 cm³/mol. The summed E-state index contributed by atoms with van der Waals surface area (Å²) in [6, 6.07) is 32.8. The highest BCUT2D eigenvalue weighted by Gasteiger charge is 2.41. The highest BCUT2D eigenvalue weighted by atomic mass is 28.4. The molecule has 1 aliphatic rings. The summed E-state index contributed by atoms with van der Waals surface area (Å²) in [5.41, 5.74) is 3.85. The minimum atomic E-state index is -1.87. The van der Waals surface area contributed by atoms with Crippen molar-refractivity contribution in [1.82, 2.24) is 14.5 Å². The van der Waals surface area contributed by atoms with E-state index in [0.29, 0.717) is 11.3 Å². The number of hydrogen-bond acceptors (Lipinski definition) is 4. The van der Waals surface area contributed by atoms with Gasteiger partial charge in [-0.1, -0.05) is 112 Å². The van der Waals surface area contributed by atoms with Crippen LogP contribution in [0.25, 0.3) is 17.3 Å². The molecule has 0 amide bonds. The highest BCUT2D eigenvalue weighted by molar-refractivity contribution is 6.74. The van der Waals surface area contributed by atoms with Crippen LogP contribution < -0.4 is 0 Å². The first-order valence-electron chi connectivity index (χ1n) is 17.3. The summed E-state index contributed by atoms with van der Waals surface area (Å²) >= 11 is 0. The maximum absolute atomic E-state index is 15.4. The van der Waals surface area contributed by atoms with E-state index in [1.165, 1.54) is 12.3 Å². The smallest absolute Gasteiger partial charge is 0.220 e. The van der Waals surface area contributed by atoms with Gasteiger partial charge in [0.15, 0.2) is 14.1 Å². The van der Waals surface area contributed by atoms with E-state index in [-0.39, 0.29) is 28.4 Å². The number of carbonyl (C=O) groups excluding carboxylic acids is 1. The second kappa shape index (κ2) is 14.2. The Hall–Kier alpha value is -4.46. The number of hydrogen-bond donors (Lipinski definition) is 0. The third-order valence-electron chi connectivity index (χ3n) is 10.5. The summed E-state index contributed by atoms with van der Waals surface area (Å²) < 4.78 is 24.2. The number of imidazole rings is 1. The summed E-state index contributed by atoms with van der Waals surface area (Å²) in [6.45, 7) is 11.3. The number of pyridine rings is 1. The van der Waals surface area contributed by atoms with Gasteiger partial charge < -0.3 is 8.99 Å². The van der Waals surface area contributed by atoms with Crippen LogP contribution in [0, 0.1) is 11.9 Å². The predicted octanol–water partition coefficient (Wildman–Crippen LogP) is 10.1. The minimum absolute atomic E-state index is 0.0155. The number of benzene rings is 3. The van der Waals surface area contributed by atoms with Crippen molar-refractivity contribution in [2.45, 2.75) is 76.2 Å². The molecule has 0 N–H and O–H groups in total. The molecule has 0 saturated heterocycles. The van der Waals surface area contributed by atoms with Crippen molar-refractivity contribution in [3.8, 4) is 11.3 Å². The Labute approximate surface area is 291 Å². The lowest BCUT2D eigenvalue weighted by Crippen LogP contribution is -2.45. The summed E-state index contributed by atoms with van der Waals surface area (Å²) in [5.74, 6) is -0.717. The van der Waals surface area contributed by atoms with Crippen molar-refractivity contribution in [2.75, 3.05) is 0 Å². The lowest BCUT2D eigenvalue weighted by molar-refractivity contribution is -0.119. The maximum atomic E-state index is 15.4. The molecule has 5 nitrogen and oxygen atoms in total. The van der Waals surface area contributed by atoms with Crippen LogP contribution in [0.15, 0.2) is 122 Å². The van der Waals surface area contributed by atoms with Crippen LogP contribution in [0.5, 0.6) is 0 Å². The number of carbonyl (C=O) groups is 1. The molecule has 7 heteroatoms. The van der Waals surface area contributed by atoms with E-state index in [2.05, 4.69) is 79.8 Å². The second-order valence-corrected chi connectivity index (χ2v) is 19.4. The molecule has 1 saturated carbocycles. The number of allylic oxidation sites excluding steroid dienone is 1. The molecular formula is C42H46FN3O2Si. The zero-order valence-corrected chi connectivity index (χ0v) is 30.1. The molecule has 1 aliphatic carbocycles. The van der Waals surface area contributed by atoms with E-state index >= 15 is 4.39 Å². The number of ketones is 1. The molecule has 0 bridgehead atoms. The molecule has 0 atom stereocenters. The van der Waals surface area contributed by atoms with Gasteiger partial charge in [0.05, 0.1) is 12.0 Å². The lowest BCUT2D eigenvalue weighted by Gasteiger charge is -2.41. The SMILES string of the molecule is CC(C)(C)[Si](C)(C)OC1CCC(C(=O)/C=C/c2c(-c3cn(C(c4ccccc4)(c4ccccc4)c4ccccc4)cn3)ccnc2F)CC1. The van der Waals surface area contributed by atoms with Crippen LogP contribution in [0.4, 0.5) is 4.39 Å². The average Bonchev–Trinajstić information content (AvgIpc) is 3.59. The van der Waals surface area contributed by atoms with Crippen molar-refractivity contribution in [1.29, 1.82) is 0 Å². The van der Waals surface area contributed by atoms with Gasteiger partial charge in [-0.15, -0.1) is 0 Å². The van der Waals surface area contributed by atoms with Gasteiger partial charge in [0, 0.05) is 35.5 Å². The molecule has 252 valence electrons. The van der Waals surface area contributed by atoms with E-state index in [9.17, 15) is 4.79 Å². The topological polar surface area (TPSA) is 57.0 Å². The largest absolute Gasteiger partial charge is 0.414 e. The molecule has 3 aromatic carbocycles. The third-order valence-corrected chi connectivity index (χ3v) is 15.1. The lowest BCUT2D eigenvalue weighted by atomic mass is 9.77. The van der Waals surface area contributed by atoms with Gasteiger partial charge in [-0.25, -0.2) is 9.97 Å². The van der Waals surface area contributed by atoms with Gasteiger partial charge in [-0.3, -0.25) is 4.79 Å². The molecule has 6 rings (SSSR count). The monoisotopic (exact) mass is 671 g/mol. The fraction of sp³-hybridized carbons (Fsp3) is 0.310. The molecule has 0 unspecified atom stereocenters. The first-order chi connectivity index (χ1) is 23.5. The Morgan fingerprint density at radius 1 is 0.816 bits per heavy atom. The van der Waals surface area contributed by atoms with Gasteiger partial charge in [-0.05, 0) is 78.7 Å². The maximum Gasteiger partial charge on any atom is 0.220 e. The zero-order chi connectivity index (χ0) is 34.6. The Balaban J connectivity index is 1.31. The quantitative estimate of drug-likeness (QED) is 0.0642. The fourth-order valence-electron chi connectivity index (χ4n) is 6.82. The molecule has 0 spiro atoms. The highest BCUT2D eigenvalue weighted by Crippen LogP contribution is 2.42. The second-order valence-electron chi connectivity index (χ2n) is 14.6. The van der Waals surface area contributed by atoms with Gasteiger partial charge in [0.1, 0.15) is 5.54 Å². The van der Waals surface area contributed by atoms with Crippen LogP contribution in [-0.4, -0.2) is 34.7 Å². The molecule has 5 aromatic rings. The van der Waals surface area contributed by atoms with E-state index in [1.54, 1.807) is 12.1 Å². The van der Waals surface area contributed by atoms with Gasteiger partial charge in [0.2, 0.25) is 5.95 Å². The van der Waals surface area contributed by atoms with Gasteiger partial charge >= 0.3 is 0 Å². The molecular weight excluding hydrogens is 626 g/mol. The van der Waals surface area contributed by atoms with E-state index in [1.807, 2.05) is 67.1 Å². The van der Waals surface area contributed by atoms with Crippen molar-refractivity contribution in [2.24, 2.45) is 5.92 Å². The molecule has 0 aliphatic heterocycles. The summed E-state index contributed by atoms with van der Waals surface area (Å²) in [4.78, 5) is 22.2.